The van der Waals surface area contributed by atoms with Gasteiger partial charge in [0.25, 0.3) is 0 Å². The summed E-state index contributed by atoms with van der Waals surface area (Å²) in [6, 6.07) is 0. The van der Waals surface area contributed by atoms with Crippen LogP contribution < -0.4 is 5.73 Å². The lowest BCUT2D eigenvalue weighted by Gasteiger charge is -2.11. The van der Waals surface area contributed by atoms with Crippen LogP contribution in [0, 0.1) is 0 Å². The first-order chi connectivity index (χ1) is 5.31. The molecule has 3 heteroatoms. The van der Waals surface area contributed by atoms with Gasteiger partial charge in [0.2, 0.25) is 0 Å². The Hall–Kier alpha value is -0.120. The van der Waals surface area contributed by atoms with E-state index in [1.165, 1.54) is 0 Å². The van der Waals surface area contributed by atoms with Crippen LogP contribution in [-0.4, -0.2) is 32.5 Å². The molecule has 0 fully saturated rings. The van der Waals surface area contributed by atoms with E-state index in [4.69, 9.17) is 15.2 Å². The highest BCUT2D eigenvalue weighted by Gasteiger charge is 1.99. The normalized spacial score (nSPS) is 13.4. The van der Waals surface area contributed by atoms with Gasteiger partial charge in [-0.2, -0.15) is 0 Å². The molecule has 0 radical (unpaired) electrons. The number of hydrogen-bond donors (Lipinski definition) is 1. The maximum Gasteiger partial charge on any atom is 0.0592 e. The minimum absolute atomic E-state index is 0.269. The van der Waals surface area contributed by atoms with E-state index in [-0.39, 0.29) is 6.10 Å². The van der Waals surface area contributed by atoms with E-state index in [1.54, 1.807) is 0 Å². The maximum atomic E-state index is 5.33. The van der Waals surface area contributed by atoms with E-state index < -0.39 is 0 Å². The third-order valence-corrected chi connectivity index (χ3v) is 1.39. The van der Waals surface area contributed by atoms with Crippen molar-refractivity contribution in [1.29, 1.82) is 0 Å². The topological polar surface area (TPSA) is 44.5 Å². The Morgan fingerprint density at radius 1 is 1.36 bits per heavy atom. The van der Waals surface area contributed by atoms with E-state index in [0.717, 1.165) is 19.6 Å². The average Bonchev–Trinajstić information content (AvgIpc) is 2.01. The van der Waals surface area contributed by atoms with Crippen molar-refractivity contribution >= 4 is 0 Å². The van der Waals surface area contributed by atoms with E-state index in [0.29, 0.717) is 13.2 Å². The summed E-state index contributed by atoms with van der Waals surface area (Å²) >= 11 is 0. The fourth-order valence-electron chi connectivity index (χ4n) is 0.746. The first kappa shape index (κ1) is 10.9. The fraction of sp³-hybridized carbons (Fsp3) is 1.00. The maximum absolute atomic E-state index is 5.33. The van der Waals surface area contributed by atoms with Crippen molar-refractivity contribution in [1.82, 2.24) is 0 Å². The number of ether oxygens (including phenoxy) is 2. The Balaban J connectivity index is 3.02. The molecule has 0 aromatic rings. The quantitative estimate of drug-likeness (QED) is 0.561. The van der Waals surface area contributed by atoms with Crippen LogP contribution in [0.25, 0.3) is 0 Å². The second-order valence-corrected chi connectivity index (χ2v) is 2.46. The summed E-state index contributed by atoms with van der Waals surface area (Å²) in [5.41, 5.74) is 5.28. The predicted molar refractivity (Wildman–Crippen MR) is 45.6 cm³/mol. The summed E-state index contributed by atoms with van der Waals surface area (Å²) in [6.45, 7) is 6.83. The summed E-state index contributed by atoms with van der Waals surface area (Å²) in [7, 11) is 0. The molecule has 0 bridgehead atoms. The summed E-state index contributed by atoms with van der Waals surface area (Å²) in [6.07, 6.45) is 1.22. The van der Waals surface area contributed by atoms with Gasteiger partial charge < -0.3 is 15.2 Å². The first-order valence-corrected chi connectivity index (χ1v) is 4.20. The third-order valence-electron chi connectivity index (χ3n) is 1.39. The van der Waals surface area contributed by atoms with E-state index in [9.17, 15) is 0 Å². The molecule has 1 unspecified atom stereocenters. The highest BCUT2D eigenvalue weighted by atomic mass is 16.5. The van der Waals surface area contributed by atoms with Gasteiger partial charge in [-0.3, -0.25) is 0 Å². The summed E-state index contributed by atoms with van der Waals surface area (Å²) in [5, 5.41) is 0. The molecular formula is C8H19NO2. The van der Waals surface area contributed by atoms with Gasteiger partial charge >= 0.3 is 0 Å². The number of nitrogens with two attached hydrogens (primary N) is 1. The van der Waals surface area contributed by atoms with Crippen molar-refractivity contribution in [2.75, 3.05) is 26.4 Å². The van der Waals surface area contributed by atoms with Crippen LogP contribution in [0.15, 0.2) is 0 Å². The number of rotatable bonds is 7. The monoisotopic (exact) mass is 161 g/mol. The molecule has 68 valence electrons. The Labute approximate surface area is 68.9 Å². The van der Waals surface area contributed by atoms with Gasteiger partial charge in [-0.05, 0) is 20.3 Å². The first-order valence-electron chi connectivity index (χ1n) is 4.20. The van der Waals surface area contributed by atoms with Gasteiger partial charge in [-0.1, -0.05) is 0 Å². The predicted octanol–water partition coefficient (Wildman–Crippen LogP) is 0.777. The van der Waals surface area contributed by atoms with Gasteiger partial charge in [0.15, 0.2) is 0 Å². The molecule has 0 spiro atoms. The van der Waals surface area contributed by atoms with E-state index >= 15 is 0 Å². The Kier molecular flexibility index (Phi) is 7.89. The molecule has 3 nitrogen and oxygen atoms in total. The van der Waals surface area contributed by atoms with Crippen molar-refractivity contribution < 1.29 is 9.47 Å². The van der Waals surface area contributed by atoms with Crippen molar-refractivity contribution in [2.24, 2.45) is 5.73 Å². The smallest absolute Gasteiger partial charge is 0.0592 e. The van der Waals surface area contributed by atoms with Gasteiger partial charge in [-0.15, -0.1) is 0 Å². The van der Waals surface area contributed by atoms with Crippen LogP contribution in [0.4, 0.5) is 0 Å². The Bertz CT molecular complexity index is 78.5. The second-order valence-electron chi connectivity index (χ2n) is 2.46. The Morgan fingerprint density at radius 2 is 2.09 bits per heavy atom. The van der Waals surface area contributed by atoms with Crippen LogP contribution >= 0.6 is 0 Å². The third kappa shape index (κ3) is 7.78. The van der Waals surface area contributed by atoms with E-state index in [2.05, 4.69) is 0 Å². The van der Waals surface area contributed by atoms with Gasteiger partial charge in [-0.25, -0.2) is 0 Å². The van der Waals surface area contributed by atoms with Gasteiger partial charge in [0.05, 0.1) is 12.7 Å². The van der Waals surface area contributed by atoms with Gasteiger partial charge in [0.1, 0.15) is 0 Å². The van der Waals surface area contributed by atoms with Crippen molar-refractivity contribution in [3.63, 3.8) is 0 Å². The molecule has 0 saturated carbocycles. The molecule has 0 rings (SSSR count). The zero-order valence-corrected chi connectivity index (χ0v) is 7.51. The van der Waals surface area contributed by atoms with Crippen LogP contribution in [0.2, 0.25) is 0 Å². The van der Waals surface area contributed by atoms with Crippen LogP contribution in [0.5, 0.6) is 0 Å². The molecule has 1 atom stereocenters. The molecule has 0 amide bonds. The molecule has 11 heavy (non-hydrogen) atoms. The standard InChI is InChI=1S/C8H19NO2/c1-3-10-6-4-8(2)11-7-5-9/h8H,3-7,9H2,1-2H3. The van der Waals surface area contributed by atoms with Crippen LogP contribution in [0.1, 0.15) is 20.3 Å². The summed E-state index contributed by atoms with van der Waals surface area (Å²) in [5.74, 6) is 0. The van der Waals surface area contributed by atoms with Crippen LogP contribution in [0.3, 0.4) is 0 Å². The highest BCUT2D eigenvalue weighted by molar-refractivity contribution is 4.48. The van der Waals surface area contributed by atoms with Crippen molar-refractivity contribution in [3.05, 3.63) is 0 Å². The molecule has 0 saturated heterocycles. The Morgan fingerprint density at radius 3 is 2.64 bits per heavy atom. The minimum Gasteiger partial charge on any atom is -0.382 e. The molecule has 0 aliphatic carbocycles. The minimum atomic E-state index is 0.269. The summed E-state index contributed by atoms with van der Waals surface area (Å²) in [4.78, 5) is 0. The lowest BCUT2D eigenvalue weighted by Crippen LogP contribution is -2.17. The van der Waals surface area contributed by atoms with Crippen molar-refractivity contribution in [3.8, 4) is 0 Å². The lowest BCUT2D eigenvalue weighted by molar-refractivity contribution is 0.0379. The molecule has 0 aromatic carbocycles. The zero-order chi connectivity index (χ0) is 8.53. The van der Waals surface area contributed by atoms with E-state index in [1.807, 2.05) is 13.8 Å². The largest absolute Gasteiger partial charge is 0.382 e. The molecular weight excluding hydrogens is 142 g/mol. The molecule has 0 aromatic heterocycles. The molecule has 0 aliphatic heterocycles. The number of hydrogen-bond acceptors (Lipinski definition) is 3. The van der Waals surface area contributed by atoms with Crippen LogP contribution in [-0.2, 0) is 9.47 Å². The fourth-order valence-corrected chi connectivity index (χ4v) is 0.746. The van der Waals surface area contributed by atoms with Crippen molar-refractivity contribution in [2.45, 2.75) is 26.4 Å². The summed E-state index contributed by atoms with van der Waals surface area (Å²) < 4.78 is 10.5. The average molecular weight is 161 g/mol. The molecule has 0 heterocycles. The second kappa shape index (κ2) is 7.98. The van der Waals surface area contributed by atoms with Gasteiger partial charge in [0, 0.05) is 19.8 Å². The molecule has 2 N–H and O–H groups in total. The zero-order valence-electron chi connectivity index (χ0n) is 7.51. The molecule has 0 aliphatic rings. The SMILES string of the molecule is CCOCCC(C)OCCN. The lowest BCUT2D eigenvalue weighted by atomic mass is 10.3. The highest BCUT2D eigenvalue weighted by Crippen LogP contribution is 1.96.